The molecule has 0 atom stereocenters. The van der Waals surface area contributed by atoms with E-state index < -0.39 is 5.41 Å². The zero-order valence-corrected chi connectivity index (χ0v) is 12.2. The Morgan fingerprint density at radius 2 is 1.71 bits per heavy atom. The van der Waals surface area contributed by atoms with Gasteiger partial charge in [-0.1, -0.05) is 51.2 Å². The van der Waals surface area contributed by atoms with E-state index in [9.17, 15) is 4.79 Å². The Kier molecular flexibility index (Phi) is 8.13. The molecule has 0 fully saturated rings. The molecule has 0 aromatic carbocycles. The fourth-order valence-electron chi connectivity index (χ4n) is 1.44. The Morgan fingerprint density at radius 1 is 1.18 bits per heavy atom. The number of carbonyl (C=O) groups is 1. The molecule has 0 aliphatic carbocycles. The van der Waals surface area contributed by atoms with Crippen LogP contribution in [0.15, 0.2) is 0 Å². The van der Waals surface area contributed by atoms with E-state index in [4.69, 9.17) is 18.0 Å². The Bertz CT molecular complexity index is 252. The predicted octanol–water partition coefficient (Wildman–Crippen LogP) is 2.78. The summed E-state index contributed by atoms with van der Waals surface area (Å²) in [7, 11) is 0. The van der Waals surface area contributed by atoms with Crippen LogP contribution in [-0.2, 0) is 4.79 Å². The molecule has 0 rings (SSSR count). The standard InChI is InChI=1S/C13H26N2OS/c1-4-5-6-7-8-9-10-15-12(16)13(2,3)11(14)17/h4-10H2,1-3H3,(H2,14,17)(H,15,16). The number of nitrogens with two attached hydrogens (primary N) is 1. The van der Waals surface area contributed by atoms with Gasteiger partial charge in [0.15, 0.2) is 0 Å². The summed E-state index contributed by atoms with van der Waals surface area (Å²) < 4.78 is 0. The second kappa shape index (κ2) is 8.45. The van der Waals surface area contributed by atoms with Crippen molar-refractivity contribution in [1.82, 2.24) is 5.32 Å². The van der Waals surface area contributed by atoms with Crippen LogP contribution in [0.2, 0.25) is 0 Å². The molecule has 0 aliphatic rings. The van der Waals surface area contributed by atoms with Crippen molar-refractivity contribution in [3.8, 4) is 0 Å². The third-order valence-electron chi connectivity index (χ3n) is 3.00. The van der Waals surface area contributed by atoms with E-state index >= 15 is 0 Å². The molecule has 0 aromatic heterocycles. The van der Waals surface area contributed by atoms with Crippen LogP contribution in [0, 0.1) is 5.41 Å². The van der Waals surface area contributed by atoms with Gasteiger partial charge in [0.05, 0.1) is 10.4 Å². The average Bonchev–Trinajstić information content (AvgIpc) is 2.27. The van der Waals surface area contributed by atoms with Gasteiger partial charge in [-0.15, -0.1) is 0 Å². The summed E-state index contributed by atoms with van der Waals surface area (Å²) in [6.07, 6.45) is 7.32. The van der Waals surface area contributed by atoms with Crippen LogP contribution < -0.4 is 11.1 Å². The van der Waals surface area contributed by atoms with Gasteiger partial charge in [-0.05, 0) is 20.3 Å². The largest absolute Gasteiger partial charge is 0.392 e. The van der Waals surface area contributed by atoms with Gasteiger partial charge in [-0.25, -0.2) is 0 Å². The SMILES string of the molecule is CCCCCCCCNC(=O)C(C)(C)C(N)=S. The average molecular weight is 258 g/mol. The lowest BCUT2D eigenvalue weighted by Crippen LogP contribution is -2.45. The molecule has 0 saturated heterocycles. The molecule has 0 aromatic rings. The topological polar surface area (TPSA) is 55.1 Å². The minimum absolute atomic E-state index is 0.0708. The number of rotatable bonds is 9. The van der Waals surface area contributed by atoms with E-state index in [1.807, 2.05) is 0 Å². The summed E-state index contributed by atoms with van der Waals surface area (Å²) in [5, 5.41) is 2.89. The number of hydrogen-bond acceptors (Lipinski definition) is 2. The van der Waals surface area contributed by atoms with Gasteiger partial charge in [-0.2, -0.15) is 0 Å². The fourth-order valence-corrected chi connectivity index (χ4v) is 1.53. The maximum absolute atomic E-state index is 11.8. The van der Waals surface area contributed by atoms with Gasteiger partial charge < -0.3 is 11.1 Å². The maximum Gasteiger partial charge on any atom is 0.232 e. The van der Waals surface area contributed by atoms with Crippen LogP contribution in [0.4, 0.5) is 0 Å². The van der Waals surface area contributed by atoms with Crippen molar-refractivity contribution in [2.24, 2.45) is 11.1 Å². The van der Waals surface area contributed by atoms with Crippen molar-refractivity contribution in [2.45, 2.75) is 59.3 Å². The van der Waals surface area contributed by atoms with Crippen LogP contribution in [0.1, 0.15) is 59.3 Å². The molecule has 1 amide bonds. The van der Waals surface area contributed by atoms with E-state index in [2.05, 4.69) is 12.2 Å². The maximum atomic E-state index is 11.8. The highest BCUT2D eigenvalue weighted by molar-refractivity contribution is 7.80. The second-order valence-electron chi connectivity index (χ2n) is 5.01. The first-order valence-electron chi connectivity index (χ1n) is 6.51. The van der Waals surface area contributed by atoms with Crippen LogP contribution in [0.3, 0.4) is 0 Å². The first kappa shape index (κ1) is 16.4. The third-order valence-corrected chi connectivity index (χ3v) is 3.51. The zero-order valence-electron chi connectivity index (χ0n) is 11.3. The Morgan fingerprint density at radius 3 is 2.24 bits per heavy atom. The fraction of sp³-hybridized carbons (Fsp3) is 0.846. The summed E-state index contributed by atoms with van der Waals surface area (Å²) in [4.78, 5) is 12.0. The molecular weight excluding hydrogens is 232 g/mol. The van der Waals surface area contributed by atoms with E-state index in [1.54, 1.807) is 13.8 Å². The van der Waals surface area contributed by atoms with E-state index in [1.165, 1.54) is 32.1 Å². The van der Waals surface area contributed by atoms with E-state index in [0.717, 1.165) is 13.0 Å². The minimum Gasteiger partial charge on any atom is -0.392 e. The molecule has 0 unspecified atom stereocenters. The zero-order chi connectivity index (χ0) is 13.3. The molecule has 100 valence electrons. The van der Waals surface area contributed by atoms with Gasteiger partial charge in [0, 0.05) is 6.54 Å². The molecule has 0 radical (unpaired) electrons. The quantitative estimate of drug-likeness (QED) is 0.494. The molecular formula is C13H26N2OS. The van der Waals surface area contributed by atoms with Gasteiger partial charge in [-0.3, -0.25) is 4.79 Å². The van der Waals surface area contributed by atoms with Gasteiger partial charge in [0.2, 0.25) is 5.91 Å². The van der Waals surface area contributed by atoms with Crippen molar-refractivity contribution in [1.29, 1.82) is 0 Å². The molecule has 0 heterocycles. The summed E-state index contributed by atoms with van der Waals surface area (Å²) in [6.45, 7) is 6.44. The van der Waals surface area contributed by atoms with Crippen molar-refractivity contribution in [3.05, 3.63) is 0 Å². The summed E-state index contributed by atoms with van der Waals surface area (Å²) in [6, 6.07) is 0. The van der Waals surface area contributed by atoms with Crippen LogP contribution in [0.25, 0.3) is 0 Å². The van der Waals surface area contributed by atoms with Gasteiger partial charge >= 0.3 is 0 Å². The van der Waals surface area contributed by atoms with Crippen molar-refractivity contribution in [2.75, 3.05) is 6.54 Å². The highest BCUT2D eigenvalue weighted by Gasteiger charge is 2.30. The molecule has 0 aliphatic heterocycles. The lowest BCUT2D eigenvalue weighted by molar-refractivity contribution is -0.126. The first-order valence-corrected chi connectivity index (χ1v) is 6.92. The Labute approximate surface area is 111 Å². The predicted molar refractivity (Wildman–Crippen MR) is 77.0 cm³/mol. The molecule has 3 nitrogen and oxygen atoms in total. The minimum atomic E-state index is -0.739. The second-order valence-corrected chi connectivity index (χ2v) is 5.45. The molecule has 0 spiro atoms. The normalized spacial score (nSPS) is 11.2. The van der Waals surface area contributed by atoms with E-state index in [-0.39, 0.29) is 10.9 Å². The number of amides is 1. The van der Waals surface area contributed by atoms with Crippen LogP contribution >= 0.6 is 12.2 Å². The highest BCUT2D eigenvalue weighted by atomic mass is 32.1. The van der Waals surface area contributed by atoms with Crippen molar-refractivity contribution < 1.29 is 4.79 Å². The Balaban J connectivity index is 3.62. The third kappa shape index (κ3) is 6.61. The Hall–Kier alpha value is -0.640. The van der Waals surface area contributed by atoms with Crippen molar-refractivity contribution in [3.63, 3.8) is 0 Å². The number of thiocarbonyl (C=S) groups is 1. The molecule has 0 saturated carbocycles. The summed E-state index contributed by atoms with van der Waals surface area (Å²) in [5.74, 6) is -0.0708. The van der Waals surface area contributed by atoms with Crippen LogP contribution in [-0.4, -0.2) is 17.4 Å². The first-order chi connectivity index (χ1) is 7.92. The lowest BCUT2D eigenvalue weighted by atomic mass is 9.92. The molecule has 0 bridgehead atoms. The smallest absolute Gasteiger partial charge is 0.232 e. The van der Waals surface area contributed by atoms with Gasteiger partial charge in [0.1, 0.15) is 0 Å². The highest BCUT2D eigenvalue weighted by Crippen LogP contribution is 2.15. The number of unbranched alkanes of at least 4 members (excludes halogenated alkanes) is 5. The van der Waals surface area contributed by atoms with Crippen LogP contribution in [0.5, 0.6) is 0 Å². The lowest BCUT2D eigenvalue weighted by Gasteiger charge is -2.21. The number of nitrogens with one attached hydrogen (secondary N) is 1. The number of hydrogen-bond donors (Lipinski definition) is 2. The molecule has 3 N–H and O–H groups in total. The van der Waals surface area contributed by atoms with Gasteiger partial charge in [0.25, 0.3) is 0 Å². The summed E-state index contributed by atoms with van der Waals surface area (Å²) >= 11 is 4.87. The van der Waals surface area contributed by atoms with E-state index in [0.29, 0.717) is 0 Å². The molecule has 4 heteroatoms. The van der Waals surface area contributed by atoms with Crippen molar-refractivity contribution >= 4 is 23.1 Å². The summed E-state index contributed by atoms with van der Waals surface area (Å²) in [5.41, 5.74) is 4.79. The monoisotopic (exact) mass is 258 g/mol. The molecule has 17 heavy (non-hydrogen) atoms. The number of carbonyl (C=O) groups excluding carboxylic acids is 1.